The first kappa shape index (κ1) is 16.0. The lowest BCUT2D eigenvalue weighted by atomic mass is 9.96. The van der Waals surface area contributed by atoms with Crippen molar-refractivity contribution < 1.29 is 4.39 Å². The third kappa shape index (κ3) is 3.43. The highest BCUT2D eigenvalue weighted by atomic mass is 19.1. The zero-order valence-corrected chi connectivity index (χ0v) is 13.3. The number of hydrogen-bond acceptors (Lipinski definition) is 2. The molecule has 0 spiro atoms. The molecule has 2 N–H and O–H groups in total. The van der Waals surface area contributed by atoms with E-state index in [4.69, 9.17) is 5.73 Å². The zero-order valence-electron chi connectivity index (χ0n) is 13.3. The van der Waals surface area contributed by atoms with Crippen LogP contribution in [-0.2, 0) is 6.42 Å². The Bertz CT molecular complexity index is 589. The topological polar surface area (TPSA) is 43.8 Å². The Morgan fingerprint density at radius 2 is 2.05 bits per heavy atom. The van der Waals surface area contributed by atoms with E-state index in [1.165, 1.54) is 6.07 Å². The Morgan fingerprint density at radius 1 is 1.29 bits per heavy atom. The summed E-state index contributed by atoms with van der Waals surface area (Å²) in [7, 11) is 0. The third-order valence-electron chi connectivity index (χ3n) is 4.19. The SMILES string of the molecule is CCC(CCN)CCc1nc2c(F)cccc2n1C(C)C. The molecule has 2 rings (SSSR count). The van der Waals surface area contributed by atoms with Gasteiger partial charge in [-0.2, -0.15) is 0 Å². The molecule has 1 unspecified atom stereocenters. The highest BCUT2D eigenvalue weighted by Crippen LogP contribution is 2.25. The summed E-state index contributed by atoms with van der Waals surface area (Å²) in [6, 6.07) is 5.46. The molecule has 1 atom stereocenters. The van der Waals surface area contributed by atoms with Crippen LogP contribution >= 0.6 is 0 Å². The minimum atomic E-state index is -0.234. The minimum absolute atomic E-state index is 0.234. The number of imidazole rings is 1. The van der Waals surface area contributed by atoms with Crippen LogP contribution in [0.4, 0.5) is 4.39 Å². The second-order valence-corrected chi connectivity index (χ2v) is 5.99. The van der Waals surface area contributed by atoms with Gasteiger partial charge in [-0.1, -0.05) is 19.4 Å². The molecule has 0 amide bonds. The van der Waals surface area contributed by atoms with Crippen LogP contribution in [0.1, 0.15) is 51.9 Å². The van der Waals surface area contributed by atoms with Gasteiger partial charge >= 0.3 is 0 Å². The number of halogens is 1. The number of nitrogens with two attached hydrogens (primary N) is 1. The number of rotatable bonds is 7. The van der Waals surface area contributed by atoms with E-state index < -0.39 is 0 Å². The number of aromatic nitrogens is 2. The second kappa shape index (κ2) is 7.03. The van der Waals surface area contributed by atoms with Gasteiger partial charge < -0.3 is 10.3 Å². The van der Waals surface area contributed by atoms with Crippen molar-refractivity contribution >= 4 is 11.0 Å². The molecule has 21 heavy (non-hydrogen) atoms. The lowest BCUT2D eigenvalue weighted by Gasteiger charge is -2.16. The average molecular weight is 291 g/mol. The first-order valence-electron chi connectivity index (χ1n) is 7.93. The maximum Gasteiger partial charge on any atom is 0.151 e. The summed E-state index contributed by atoms with van der Waals surface area (Å²) in [5.41, 5.74) is 7.05. The normalized spacial score (nSPS) is 13.2. The van der Waals surface area contributed by atoms with E-state index >= 15 is 0 Å². The van der Waals surface area contributed by atoms with Crippen LogP contribution in [0, 0.1) is 11.7 Å². The van der Waals surface area contributed by atoms with Crippen molar-refractivity contribution in [3.8, 4) is 0 Å². The van der Waals surface area contributed by atoms with Crippen LogP contribution < -0.4 is 5.73 Å². The number of para-hydroxylation sites is 1. The van der Waals surface area contributed by atoms with E-state index in [2.05, 4.69) is 30.3 Å². The van der Waals surface area contributed by atoms with Gasteiger partial charge in [-0.25, -0.2) is 9.37 Å². The van der Waals surface area contributed by atoms with Gasteiger partial charge in [0.1, 0.15) is 11.3 Å². The molecular weight excluding hydrogens is 265 g/mol. The van der Waals surface area contributed by atoms with E-state index in [1.54, 1.807) is 6.07 Å². The molecule has 0 bridgehead atoms. The molecule has 1 aromatic carbocycles. The van der Waals surface area contributed by atoms with Gasteiger partial charge in [0, 0.05) is 12.5 Å². The van der Waals surface area contributed by atoms with Crippen LogP contribution in [0.5, 0.6) is 0 Å². The number of nitrogens with zero attached hydrogens (tertiary/aromatic N) is 2. The fraction of sp³-hybridized carbons (Fsp3) is 0.588. The summed E-state index contributed by atoms with van der Waals surface area (Å²) >= 11 is 0. The van der Waals surface area contributed by atoms with Gasteiger partial charge in [0.2, 0.25) is 0 Å². The molecule has 1 aromatic heterocycles. The van der Waals surface area contributed by atoms with Crippen LogP contribution in [0.25, 0.3) is 11.0 Å². The highest BCUT2D eigenvalue weighted by Gasteiger charge is 2.16. The summed E-state index contributed by atoms with van der Waals surface area (Å²) in [4.78, 5) is 4.56. The van der Waals surface area contributed by atoms with E-state index in [1.807, 2.05) is 6.07 Å². The molecule has 3 nitrogen and oxygen atoms in total. The molecule has 2 aromatic rings. The van der Waals surface area contributed by atoms with Gasteiger partial charge in [-0.05, 0) is 51.3 Å². The van der Waals surface area contributed by atoms with E-state index in [0.717, 1.165) is 43.6 Å². The molecule has 4 heteroatoms. The molecule has 0 aliphatic rings. The second-order valence-electron chi connectivity index (χ2n) is 5.99. The Kier molecular flexibility index (Phi) is 5.34. The molecule has 0 fully saturated rings. The van der Waals surface area contributed by atoms with Gasteiger partial charge in [-0.3, -0.25) is 0 Å². The van der Waals surface area contributed by atoms with Crippen molar-refractivity contribution in [2.45, 2.75) is 52.5 Å². The molecule has 1 heterocycles. The lowest BCUT2D eigenvalue weighted by Crippen LogP contribution is -2.12. The molecule has 0 saturated carbocycles. The lowest BCUT2D eigenvalue weighted by molar-refractivity contribution is 0.432. The van der Waals surface area contributed by atoms with E-state index in [0.29, 0.717) is 11.4 Å². The Balaban J connectivity index is 2.30. The van der Waals surface area contributed by atoms with Crippen molar-refractivity contribution in [1.82, 2.24) is 9.55 Å². The van der Waals surface area contributed by atoms with Gasteiger partial charge in [0.05, 0.1) is 5.52 Å². The van der Waals surface area contributed by atoms with Gasteiger partial charge in [0.15, 0.2) is 5.82 Å². The van der Waals surface area contributed by atoms with E-state index in [-0.39, 0.29) is 11.9 Å². The molecular formula is C17H26FN3. The van der Waals surface area contributed by atoms with Gasteiger partial charge in [-0.15, -0.1) is 0 Å². The van der Waals surface area contributed by atoms with Crippen molar-refractivity contribution in [3.63, 3.8) is 0 Å². The minimum Gasteiger partial charge on any atom is -0.330 e. The van der Waals surface area contributed by atoms with E-state index in [9.17, 15) is 4.39 Å². The highest BCUT2D eigenvalue weighted by molar-refractivity contribution is 5.76. The third-order valence-corrected chi connectivity index (χ3v) is 4.19. The number of hydrogen-bond donors (Lipinski definition) is 1. The van der Waals surface area contributed by atoms with Crippen molar-refractivity contribution in [2.24, 2.45) is 11.7 Å². The summed E-state index contributed by atoms with van der Waals surface area (Å²) in [5.74, 6) is 1.38. The quantitative estimate of drug-likeness (QED) is 0.836. The van der Waals surface area contributed by atoms with Crippen LogP contribution in [-0.4, -0.2) is 16.1 Å². The smallest absolute Gasteiger partial charge is 0.151 e. The summed E-state index contributed by atoms with van der Waals surface area (Å²) < 4.78 is 16.1. The maximum atomic E-state index is 13.9. The van der Waals surface area contributed by atoms with Crippen molar-refractivity contribution in [3.05, 3.63) is 29.8 Å². The Hall–Kier alpha value is -1.42. The Morgan fingerprint density at radius 3 is 2.67 bits per heavy atom. The molecule has 116 valence electrons. The first-order valence-corrected chi connectivity index (χ1v) is 7.93. The predicted molar refractivity (Wildman–Crippen MR) is 85.8 cm³/mol. The number of benzene rings is 1. The number of fused-ring (bicyclic) bond motifs is 1. The van der Waals surface area contributed by atoms with Crippen LogP contribution in [0.3, 0.4) is 0 Å². The average Bonchev–Trinajstić information content (AvgIpc) is 2.83. The summed E-state index contributed by atoms with van der Waals surface area (Å²) in [5, 5.41) is 0. The standard InChI is InChI=1S/C17H26FN3/c1-4-13(10-11-19)8-9-16-20-17-14(18)6-5-7-15(17)21(16)12(2)3/h5-7,12-13H,4,8-11,19H2,1-3H3. The maximum absolute atomic E-state index is 13.9. The van der Waals surface area contributed by atoms with Crippen LogP contribution in [0.15, 0.2) is 18.2 Å². The fourth-order valence-corrected chi connectivity index (χ4v) is 3.01. The molecule has 0 radical (unpaired) electrons. The summed E-state index contributed by atoms with van der Waals surface area (Å²) in [6.45, 7) is 7.17. The Labute approximate surface area is 126 Å². The van der Waals surface area contributed by atoms with Crippen molar-refractivity contribution in [1.29, 1.82) is 0 Å². The fourth-order valence-electron chi connectivity index (χ4n) is 3.01. The largest absolute Gasteiger partial charge is 0.330 e. The molecule has 0 aliphatic carbocycles. The van der Waals surface area contributed by atoms with Crippen molar-refractivity contribution in [2.75, 3.05) is 6.54 Å². The number of aryl methyl sites for hydroxylation is 1. The monoisotopic (exact) mass is 291 g/mol. The summed E-state index contributed by atoms with van der Waals surface area (Å²) in [6.07, 6.45) is 4.12. The zero-order chi connectivity index (χ0) is 15.4. The predicted octanol–water partition coefficient (Wildman–Crippen LogP) is 4.06. The molecule has 0 saturated heterocycles. The van der Waals surface area contributed by atoms with Gasteiger partial charge in [0.25, 0.3) is 0 Å². The first-order chi connectivity index (χ1) is 10.1. The molecule has 0 aliphatic heterocycles. The van der Waals surface area contributed by atoms with Crippen LogP contribution in [0.2, 0.25) is 0 Å².